The van der Waals surface area contributed by atoms with Crippen molar-refractivity contribution in [2.75, 3.05) is 6.61 Å². The average Bonchev–Trinajstić information content (AvgIpc) is 2.18. The molecule has 14 heavy (non-hydrogen) atoms. The predicted octanol–water partition coefficient (Wildman–Crippen LogP) is 0.796. The van der Waals surface area contributed by atoms with E-state index in [9.17, 15) is 8.78 Å². The molecule has 0 radical (unpaired) electrons. The van der Waals surface area contributed by atoms with Crippen molar-refractivity contribution in [1.82, 2.24) is 9.97 Å². The second-order valence-corrected chi connectivity index (χ2v) is 2.79. The fourth-order valence-electron chi connectivity index (χ4n) is 0.968. The van der Waals surface area contributed by atoms with Gasteiger partial charge in [0.1, 0.15) is 5.69 Å². The summed E-state index contributed by atoms with van der Waals surface area (Å²) in [4.78, 5) is 7.25. The van der Waals surface area contributed by atoms with Gasteiger partial charge in [-0.1, -0.05) is 0 Å². The number of halogens is 2. The van der Waals surface area contributed by atoms with Crippen LogP contribution in [-0.4, -0.2) is 21.7 Å². The van der Waals surface area contributed by atoms with E-state index in [1.807, 2.05) is 0 Å². The van der Waals surface area contributed by atoms with Gasteiger partial charge in [-0.25, -0.2) is 13.8 Å². The lowest BCUT2D eigenvalue weighted by Gasteiger charge is -2.09. The van der Waals surface area contributed by atoms with Gasteiger partial charge in [-0.3, -0.25) is 4.98 Å². The lowest BCUT2D eigenvalue weighted by molar-refractivity contribution is 0.145. The Kier molecular flexibility index (Phi) is 3.84. The molecule has 3 N–H and O–H groups in total. The summed E-state index contributed by atoms with van der Waals surface area (Å²) in [6.07, 6.45) is -0.0447. The summed E-state index contributed by atoms with van der Waals surface area (Å²) in [5.74, 6) is 0. The van der Waals surface area contributed by atoms with E-state index in [4.69, 9.17) is 10.8 Å². The van der Waals surface area contributed by atoms with E-state index in [0.717, 1.165) is 6.20 Å². The topological polar surface area (TPSA) is 72.0 Å². The molecule has 0 aliphatic rings. The molecule has 1 aromatic rings. The Labute approximate surface area is 79.8 Å². The molecule has 0 amide bonds. The maximum Gasteiger partial charge on any atom is 0.281 e. The molecule has 0 aliphatic heterocycles. The van der Waals surface area contributed by atoms with Crippen molar-refractivity contribution in [2.24, 2.45) is 5.73 Å². The minimum Gasteiger partial charge on any atom is -0.396 e. The van der Waals surface area contributed by atoms with Crippen molar-refractivity contribution >= 4 is 0 Å². The molecule has 6 heteroatoms. The highest BCUT2D eigenvalue weighted by Crippen LogP contribution is 2.17. The zero-order valence-electron chi connectivity index (χ0n) is 7.40. The molecule has 0 saturated heterocycles. The summed E-state index contributed by atoms with van der Waals surface area (Å²) in [6.45, 7) is -0.109. The monoisotopic (exact) mass is 203 g/mol. The molecule has 1 rings (SSSR count). The number of aliphatic hydroxyl groups is 1. The van der Waals surface area contributed by atoms with Crippen LogP contribution in [0.3, 0.4) is 0 Å². The van der Waals surface area contributed by atoms with Crippen LogP contribution in [0.15, 0.2) is 12.4 Å². The number of nitrogens with two attached hydrogens (primary N) is 1. The van der Waals surface area contributed by atoms with E-state index in [-0.39, 0.29) is 18.7 Å². The van der Waals surface area contributed by atoms with E-state index in [1.165, 1.54) is 6.20 Å². The van der Waals surface area contributed by atoms with Gasteiger partial charge < -0.3 is 10.8 Å². The van der Waals surface area contributed by atoms with Gasteiger partial charge in [-0.05, 0) is 6.42 Å². The Morgan fingerprint density at radius 2 is 2.00 bits per heavy atom. The fourth-order valence-corrected chi connectivity index (χ4v) is 0.968. The molecule has 4 nitrogen and oxygen atoms in total. The van der Waals surface area contributed by atoms with Crippen LogP contribution in [0.5, 0.6) is 0 Å². The van der Waals surface area contributed by atoms with Gasteiger partial charge in [0.25, 0.3) is 6.43 Å². The first-order valence-electron chi connectivity index (χ1n) is 4.11. The Bertz CT molecular complexity index is 296. The van der Waals surface area contributed by atoms with Crippen LogP contribution < -0.4 is 5.73 Å². The Morgan fingerprint density at radius 1 is 1.36 bits per heavy atom. The minimum atomic E-state index is -2.65. The second-order valence-electron chi connectivity index (χ2n) is 2.79. The van der Waals surface area contributed by atoms with Gasteiger partial charge in [0.15, 0.2) is 0 Å². The summed E-state index contributed by atoms with van der Waals surface area (Å²) in [7, 11) is 0. The van der Waals surface area contributed by atoms with Gasteiger partial charge in [-0.15, -0.1) is 0 Å². The normalized spacial score (nSPS) is 13.2. The summed E-state index contributed by atoms with van der Waals surface area (Å²) in [5, 5.41) is 8.60. The highest BCUT2D eigenvalue weighted by Gasteiger charge is 2.13. The molecule has 0 saturated carbocycles. The molecule has 78 valence electrons. The van der Waals surface area contributed by atoms with E-state index in [2.05, 4.69) is 9.97 Å². The van der Waals surface area contributed by atoms with Crippen molar-refractivity contribution in [3.63, 3.8) is 0 Å². The Hall–Kier alpha value is -1.14. The van der Waals surface area contributed by atoms with Crippen molar-refractivity contribution in [2.45, 2.75) is 18.9 Å². The Balaban J connectivity index is 2.82. The number of nitrogens with zero attached hydrogens (tertiary/aromatic N) is 2. The van der Waals surface area contributed by atoms with Gasteiger partial charge in [0, 0.05) is 12.8 Å². The van der Waals surface area contributed by atoms with Crippen LogP contribution in [0.4, 0.5) is 8.78 Å². The molecule has 1 aromatic heterocycles. The Morgan fingerprint density at radius 3 is 2.57 bits per heavy atom. The minimum absolute atomic E-state index is 0.109. The van der Waals surface area contributed by atoms with Crippen LogP contribution >= 0.6 is 0 Å². The smallest absolute Gasteiger partial charge is 0.281 e. The molecule has 0 aliphatic carbocycles. The van der Waals surface area contributed by atoms with Gasteiger partial charge in [0.05, 0.1) is 17.9 Å². The lowest BCUT2D eigenvalue weighted by atomic mass is 10.1. The molecule has 0 aromatic carbocycles. The number of rotatable bonds is 4. The third-order valence-corrected chi connectivity index (χ3v) is 1.72. The number of aromatic nitrogens is 2. The quantitative estimate of drug-likeness (QED) is 0.759. The first-order valence-corrected chi connectivity index (χ1v) is 4.11. The van der Waals surface area contributed by atoms with E-state index in [1.54, 1.807) is 0 Å². The number of alkyl halides is 2. The third-order valence-electron chi connectivity index (χ3n) is 1.72. The van der Waals surface area contributed by atoms with Crippen molar-refractivity contribution in [3.8, 4) is 0 Å². The zero-order valence-corrected chi connectivity index (χ0v) is 7.40. The fraction of sp³-hybridized carbons (Fsp3) is 0.500. The summed E-state index contributed by atoms with van der Waals surface area (Å²) < 4.78 is 24.4. The van der Waals surface area contributed by atoms with Crippen LogP contribution in [0.25, 0.3) is 0 Å². The van der Waals surface area contributed by atoms with Gasteiger partial charge in [-0.2, -0.15) is 0 Å². The van der Waals surface area contributed by atoms with Crippen LogP contribution in [0.2, 0.25) is 0 Å². The lowest BCUT2D eigenvalue weighted by Crippen LogP contribution is -2.14. The molecule has 0 fully saturated rings. The first kappa shape index (κ1) is 10.9. The standard InChI is InChI=1S/C8H11F2N3O/c9-8(10)7-4-12-3-6(13-7)5(11)1-2-14/h3-5,8,14H,1-2,11H2. The average molecular weight is 203 g/mol. The third kappa shape index (κ3) is 2.68. The molecule has 1 unspecified atom stereocenters. The van der Waals surface area contributed by atoms with Crippen LogP contribution in [0.1, 0.15) is 30.3 Å². The second kappa shape index (κ2) is 4.92. The molecule has 0 bridgehead atoms. The SMILES string of the molecule is NC(CCO)c1cncc(C(F)F)n1. The van der Waals surface area contributed by atoms with Crippen molar-refractivity contribution in [3.05, 3.63) is 23.8 Å². The summed E-state index contributed by atoms with van der Waals surface area (Å²) in [6, 6.07) is -0.550. The van der Waals surface area contributed by atoms with E-state index < -0.39 is 18.2 Å². The number of hydrogen-bond donors (Lipinski definition) is 2. The maximum absolute atomic E-state index is 12.2. The maximum atomic E-state index is 12.2. The van der Waals surface area contributed by atoms with E-state index >= 15 is 0 Å². The van der Waals surface area contributed by atoms with Gasteiger partial charge in [0.2, 0.25) is 0 Å². The van der Waals surface area contributed by atoms with Crippen LogP contribution in [0, 0.1) is 0 Å². The first-order chi connectivity index (χ1) is 6.65. The summed E-state index contributed by atoms with van der Waals surface area (Å²) in [5.41, 5.74) is 5.45. The van der Waals surface area contributed by atoms with Crippen LogP contribution in [-0.2, 0) is 0 Å². The molecule has 1 atom stereocenters. The predicted molar refractivity (Wildman–Crippen MR) is 45.6 cm³/mol. The summed E-state index contributed by atoms with van der Waals surface area (Å²) >= 11 is 0. The highest BCUT2D eigenvalue weighted by molar-refractivity contribution is 5.07. The van der Waals surface area contributed by atoms with Crippen molar-refractivity contribution in [1.29, 1.82) is 0 Å². The molecule has 1 heterocycles. The van der Waals surface area contributed by atoms with E-state index in [0.29, 0.717) is 0 Å². The van der Waals surface area contributed by atoms with Gasteiger partial charge >= 0.3 is 0 Å². The highest BCUT2D eigenvalue weighted by atomic mass is 19.3. The molecular formula is C8H11F2N3O. The largest absolute Gasteiger partial charge is 0.396 e. The molecular weight excluding hydrogens is 192 g/mol. The molecule has 0 spiro atoms. The van der Waals surface area contributed by atoms with Crippen molar-refractivity contribution < 1.29 is 13.9 Å². The zero-order chi connectivity index (χ0) is 10.6. The number of aliphatic hydroxyl groups excluding tert-OH is 1. The number of hydrogen-bond acceptors (Lipinski definition) is 4.